The minimum Gasteiger partial charge on any atom is -0.482 e. The third kappa shape index (κ3) is 5.72. The standard InChI is InChI=1S/C29H28O4/c1-20(2)16-23-9-4-6-13-28(23)33-25-14-15-27(32-19-29(30)31)24(18-25)17-22-11-7-10-21-8-3-5-12-26(21)22/h3-15,18,20H,16-17,19H2,1-2H3,(H,30,31). The molecule has 0 saturated carbocycles. The Balaban J connectivity index is 1.69. The van der Waals surface area contributed by atoms with Crippen LogP contribution in [-0.4, -0.2) is 17.7 Å². The number of aliphatic carboxylic acids is 1. The molecular weight excluding hydrogens is 412 g/mol. The van der Waals surface area contributed by atoms with Gasteiger partial charge in [-0.25, -0.2) is 4.79 Å². The number of ether oxygens (including phenoxy) is 2. The second kappa shape index (κ2) is 10.2. The highest BCUT2D eigenvalue weighted by Crippen LogP contribution is 2.33. The molecule has 0 heterocycles. The first-order chi connectivity index (χ1) is 16.0. The summed E-state index contributed by atoms with van der Waals surface area (Å²) in [6.07, 6.45) is 1.53. The Morgan fingerprint density at radius 1 is 0.818 bits per heavy atom. The van der Waals surface area contributed by atoms with E-state index in [1.807, 2.05) is 48.5 Å². The summed E-state index contributed by atoms with van der Waals surface area (Å²) in [5.74, 6) is 1.59. The summed E-state index contributed by atoms with van der Waals surface area (Å²) in [5, 5.41) is 11.4. The average Bonchev–Trinajstić information content (AvgIpc) is 2.80. The van der Waals surface area contributed by atoms with Crippen molar-refractivity contribution in [1.82, 2.24) is 0 Å². The molecule has 0 aliphatic rings. The molecule has 0 aliphatic heterocycles. The zero-order valence-corrected chi connectivity index (χ0v) is 19.0. The lowest BCUT2D eigenvalue weighted by atomic mass is 9.98. The van der Waals surface area contributed by atoms with Crippen molar-refractivity contribution in [3.63, 3.8) is 0 Å². The lowest BCUT2D eigenvalue weighted by Gasteiger charge is -2.16. The van der Waals surface area contributed by atoms with Crippen molar-refractivity contribution in [2.24, 2.45) is 5.92 Å². The lowest BCUT2D eigenvalue weighted by Crippen LogP contribution is -2.10. The first-order valence-corrected chi connectivity index (χ1v) is 11.2. The van der Waals surface area contributed by atoms with Crippen molar-refractivity contribution in [3.05, 3.63) is 102 Å². The highest BCUT2D eigenvalue weighted by Gasteiger charge is 2.13. The van der Waals surface area contributed by atoms with Crippen LogP contribution in [0.15, 0.2) is 84.9 Å². The first-order valence-electron chi connectivity index (χ1n) is 11.2. The number of hydrogen-bond donors (Lipinski definition) is 1. The van der Waals surface area contributed by atoms with Crippen LogP contribution in [0.3, 0.4) is 0 Å². The Bertz CT molecular complexity index is 1250. The van der Waals surface area contributed by atoms with E-state index in [0.717, 1.165) is 39.6 Å². The molecule has 0 spiro atoms. The van der Waals surface area contributed by atoms with Crippen LogP contribution in [0.2, 0.25) is 0 Å². The molecule has 33 heavy (non-hydrogen) atoms. The SMILES string of the molecule is CC(C)Cc1ccccc1Oc1ccc(OCC(=O)O)c(Cc2cccc3ccccc23)c1. The molecule has 0 amide bonds. The molecule has 4 aromatic rings. The summed E-state index contributed by atoms with van der Waals surface area (Å²) in [5.41, 5.74) is 3.19. The molecule has 0 unspecified atom stereocenters. The number of rotatable bonds is 9. The Kier molecular flexibility index (Phi) is 6.94. The number of carbonyl (C=O) groups is 1. The molecule has 0 aliphatic carbocycles. The number of carboxylic acids is 1. The zero-order valence-electron chi connectivity index (χ0n) is 19.0. The molecule has 168 valence electrons. The average molecular weight is 441 g/mol. The lowest BCUT2D eigenvalue weighted by molar-refractivity contribution is -0.139. The van der Waals surface area contributed by atoms with Crippen LogP contribution in [0.4, 0.5) is 0 Å². The van der Waals surface area contributed by atoms with E-state index in [2.05, 4.69) is 44.2 Å². The number of fused-ring (bicyclic) bond motifs is 1. The van der Waals surface area contributed by atoms with Gasteiger partial charge >= 0.3 is 5.97 Å². The molecule has 4 rings (SSSR count). The van der Waals surface area contributed by atoms with Gasteiger partial charge in [-0.15, -0.1) is 0 Å². The highest BCUT2D eigenvalue weighted by atomic mass is 16.5. The largest absolute Gasteiger partial charge is 0.482 e. The second-order valence-electron chi connectivity index (χ2n) is 8.57. The summed E-state index contributed by atoms with van der Waals surface area (Å²) in [6, 6.07) is 28.1. The Morgan fingerprint density at radius 2 is 1.55 bits per heavy atom. The summed E-state index contributed by atoms with van der Waals surface area (Å²) in [4.78, 5) is 11.1. The van der Waals surface area contributed by atoms with Crippen LogP contribution >= 0.6 is 0 Å². The van der Waals surface area contributed by atoms with Gasteiger partial charge in [0.1, 0.15) is 17.2 Å². The van der Waals surface area contributed by atoms with Gasteiger partial charge < -0.3 is 14.6 Å². The minimum absolute atomic E-state index is 0.389. The predicted molar refractivity (Wildman–Crippen MR) is 131 cm³/mol. The molecule has 0 atom stereocenters. The van der Waals surface area contributed by atoms with Crippen LogP contribution in [0.1, 0.15) is 30.5 Å². The van der Waals surface area contributed by atoms with Crippen LogP contribution in [0.25, 0.3) is 10.8 Å². The number of benzene rings is 4. The number of hydrogen-bond acceptors (Lipinski definition) is 3. The molecule has 0 saturated heterocycles. The van der Waals surface area contributed by atoms with Gasteiger partial charge in [-0.2, -0.15) is 0 Å². The minimum atomic E-state index is -1.01. The molecule has 4 aromatic carbocycles. The zero-order chi connectivity index (χ0) is 23.2. The molecule has 0 aromatic heterocycles. The predicted octanol–water partition coefficient (Wildman–Crippen LogP) is 6.88. The Morgan fingerprint density at radius 3 is 2.36 bits per heavy atom. The van der Waals surface area contributed by atoms with Gasteiger partial charge in [-0.1, -0.05) is 74.5 Å². The van der Waals surface area contributed by atoms with E-state index in [1.165, 1.54) is 0 Å². The normalized spacial score (nSPS) is 11.0. The maximum absolute atomic E-state index is 11.1. The summed E-state index contributed by atoms with van der Waals surface area (Å²) < 4.78 is 11.9. The van der Waals surface area contributed by atoms with Crippen molar-refractivity contribution in [1.29, 1.82) is 0 Å². The van der Waals surface area contributed by atoms with E-state index in [4.69, 9.17) is 14.6 Å². The number of para-hydroxylation sites is 1. The molecule has 0 bridgehead atoms. The van der Waals surface area contributed by atoms with Gasteiger partial charge in [0.05, 0.1) is 0 Å². The maximum Gasteiger partial charge on any atom is 0.341 e. The van der Waals surface area contributed by atoms with Gasteiger partial charge in [0.15, 0.2) is 6.61 Å². The fourth-order valence-electron chi connectivity index (χ4n) is 4.03. The fourth-order valence-corrected chi connectivity index (χ4v) is 4.03. The van der Waals surface area contributed by atoms with Gasteiger partial charge in [0.25, 0.3) is 0 Å². The van der Waals surface area contributed by atoms with Crippen molar-refractivity contribution in [2.75, 3.05) is 6.61 Å². The summed E-state index contributed by atoms with van der Waals surface area (Å²) in [6.45, 7) is 3.99. The van der Waals surface area contributed by atoms with Crippen LogP contribution < -0.4 is 9.47 Å². The van der Waals surface area contributed by atoms with Crippen molar-refractivity contribution < 1.29 is 19.4 Å². The molecule has 0 radical (unpaired) electrons. The van der Waals surface area contributed by atoms with E-state index in [-0.39, 0.29) is 6.61 Å². The Labute approximate surface area is 194 Å². The topological polar surface area (TPSA) is 55.8 Å². The molecule has 4 nitrogen and oxygen atoms in total. The second-order valence-corrected chi connectivity index (χ2v) is 8.57. The van der Waals surface area contributed by atoms with Gasteiger partial charge in [0.2, 0.25) is 0 Å². The molecule has 4 heteroatoms. The molecule has 0 fully saturated rings. The van der Waals surface area contributed by atoms with Crippen LogP contribution in [0.5, 0.6) is 17.2 Å². The van der Waals surface area contributed by atoms with Gasteiger partial charge in [-0.05, 0) is 58.5 Å². The third-order valence-electron chi connectivity index (χ3n) is 5.47. The molecular formula is C29H28O4. The smallest absolute Gasteiger partial charge is 0.341 e. The third-order valence-corrected chi connectivity index (χ3v) is 5.47. The van der Waals surface area contributed by atoms with Gasteiger partial charge in [-0.3, -0.25) is 0 Å². The highest BCUT2D eigenvalue weighted by molar-refractivity contribution is 5.86. The maximum atomic E-state index is 11.1. The van der Waals surface area contributed by atoms with E-state index in [0.29, 0.717) is 23.8 Å². The van der Waals surface area contributed by atoms with Crippen molar-refractivity contribution in [3.8, 4) is 17.2 Å². The number of carboxylic acid groups (broad SMARTS) is 1. The summed E-state index contributed by atoms with van der Waals surface area (Å²) >= 11 is 0. The van der Waals surface area contributed by atoms with E-state index in [1.54, 1.807) is 6.07 Å². The Hall–Kier alpha value is -3.79. The monoisotopic (exact) mass is 440 g/mol. The first kappa shape index (κ1) is 22.4. The van der Waals surface area contributed by atoms with E-state index in [9.17, 15) is 4.79 Å². The van der Waals surface area contributed by atoms with Gasteiger partial charge in [0, 0.05) is 12.0 Å². The van der Waals surface area contributed by atoms with Crippen molar-refractivity contribution >= 4 is 16.7 Å². The quantitative estimate of drug-likeness (QED) is 0.308. The fraction of sp³-hybridized carbons (Fsp3) is 0.207. The van der Waals surface area contributed by atoms with E-state index < -0.39 is 5.97 Å². The van der Waals surface area contributed by atoms with Crippen LogP contribution in [-0.2, 0) is 17.6 Å². The van der Waals surface area contributed by atoms with Crippen molar-refractivity contribution in [2.45, 2.75) is 26.7 Å². The van der Waals surface area contributed by atoms with Crippen LogP contribution in [0, 0.1) is 5.92 Å². The summed E-state index contributed by atoms with van der Waals surface area (Å²) in [7, 11) is 0. The van der Waals surface area contributed by atoms with E-state index >= 15 is 0 Å². The molecule has 1 N–H and O–H groups in total.